The molecule has 3 saturated heterocycles. The molecule has 4 bridgehead atoms. The lowest BCUT2D eigenvalue weighted by molar-refractivity contribution is -0.0504. The summed E-state index contributed by atoms with van der Waals surface area (Å²) in [6.07, 6.45) is 2.97. The fraction of sp³-hybridized carbons (Fsp3) is 1.00. The summed E-state index contributed by atoms with van der Waals surface area (Å²) in [5.74, 6) is 2.91. The van der Waals surface area contributed by atoms with Crippen molar-refractivity contribution in [2.45, 2.75) is 45.2 Å². The molecule has 0 aromatic carbocycles. The second-order valence-electron chi connectivity index (χ2n) is 7.00. The van der Waals surface area contributed by atoms with E-state index in [-0.39, 0.29) is 5.54 Å². The molecule has 2 atom stereocenters. The highest BCUT2D eigenvalue weighted by molar-refractivity contribution is 5.03. The number of hydrogen-bond donors (Lipinski definition) is 1. The van der Waals surface area contributed by atoms with Gasteiger partial charge in [0.2, 0.25) is 0 Å². The number of nitrogens with one attached hydrogen (secondary N) is 1. The highest BCUT2D eigenvalue weighted by atomic mass is 15.2. The summed E-state index contributed by atoms with van der Waals surface area (Å²) in [7, 11) is 0. The molecule has 4 rings (SSSR count). The van der Waals surface area contributed by atoms with E-state index < -0.39 is 0 Å². The highest BCUT2D eigenvalue weighted by Gasteiger charge is 2.47. The zero-order valence-corrected chi connectivity index (χ0v) is 10.3. The molecule has 0 spiro atoms. The van der Waals surface area contributed by atoms with Crippen LogP contribution in [-0.2, 0) is 0 Å². The van der Waals surface area contributed by atoms with Crippen LogP contribution in [0.4, 0.5) is 0 Å². The Bertz CT molecular complexity index is 226. The molecule has 0 amide bonds. The molecular weight excluding hydrogens is 184 g/mol. The summed E-state index contributed by atoms with van der Waals surface area (Å²) in [6.45, 7) is 11.0. The largest absolute Gasteiger partial charge is 0.309 e. The van der Waals surface area contributed by atoms with Gasteiger partial charge in [-0.05, 0) is 51.4 Å². The normalized spacial score (nSPS) is 48.6. The maximum absolute atomic E-state index is 3.87. The van der Waals surface area contributed by atoms with Gasteiger partial charge in [0.1, 0.15) is 0 Å². The molecule has 1 saturated carbocycles. The van der Waals surface area contributed by atoms with Crippen molar-refractivity contribution in [1.29, 1.82) is 0 Å². The first-order valence-corrected chi connectivity index (χ1v) is 6.51. The topological polar surface area (TPSA) is 15.3 Å². The van der Waals surface area contributed by atoms with Crippen LogP contribution in [0.5, 0.6) is 0 Å². The summed E-state index contributed by atoms with van der Waals surface area (Å²) < 4.78 is 0. The fourth-order valence-electron chi connectivity index (χ4n) is 4.14. The van der Waals surface area contributed by atoms with Crippen LogP contribution in [0.3, 0.4) is 0 Å². The van der Waals surface area contributed by atoms with Crippen molar-refractivity contribution in [3.8, 4) is 0 Å². The third-order valence-corrected chi connectivity index (χ3v) is 4.39. The highest BCUT2D eigenvalue weighted by Crippen LogP contribution is 2.43. The van der Waals surface area contributed by atoms with Gasteiger partial charge in [-0.3, -0.25) is 0 Å². The van der Waals surface area contributed by atoms with Crippen molar-refractivity contribution in [3.05, 3.63) is 0 Å². The van der Waals surface area contributed by atoms with Crippen LogP contribution in [0, 0.1) is 17.8 Å². The Kier molecular flexibility index (Phi) is 2.16. The van der Waals surface area contributed by atoms with Gasteiger partial charge < -0.3 is 10.2 Å². The Morgan fingerprint density at radius 1 is 1.00 bits per heavy atom. The van der Waals surface area contributed by atoms with Crippen molar-refractivity contribution in [2.75, 3.05) is 19.6 Å². The van der Waals surface area contributed by atoms with Crippen molar-refractivity contribution < 1.29 is 0 Å². The predicted molar refractivity (Wildman–Crippen MR) is 62.8 cm³/mol. The number of piperidine rings is 3. The van der Waals surface area contributed by atoms with Gasteiger partial charge in [-0.25, -0.2) is 0 Å². The molecule has 4 aliphatic rings. The summed E-state index contributed by atoms with van der Waals surface area (Å²) in [4.78, 5) is 2.70. The molecule has 15 heavy (non-hydrogen) atoms. The van der Waals surface area contributed by atoms with Gasteiger partial charge in [0, 0.05) is 31.2 Å². The number of hydrogen-bond acceptors (Lipinski definition) is 2. The van der Waals surface area contributed by atoms with Crippen molar-refractivity contribution in [2.24, 2.45) is 17.8 Å². The van der Waals surface area contributed by atoms with Gasteiger partial charge in [0.05, 0.1) is 0 Å². The van der Waals surface area contributed by atoms with E-state index in [0.717, 1.165) is 23.8 Å². The first-order valence-electron chi connectivity index (χ1n) is 6.51. The Balaban J connectivity index is 1.75. The van der Waals surface area contributed by atoms with Crippen LogP contribution in [0.1, 0.15) is 33.6 Å². The van der Waals surface area contributed by atoms with Crippen LogP contribution in [0.25, 0.3) is 0 Å². The van der Waals surface area contributed by atoms with Gasteiger partial charge >= 0.3 is 0 Å². The third kappa shape index (κ3) is 1.83. The zero-order valence-electron chi connectivity index (χ0n) is 10.3. The molecule has 4 fully saturated rings. The van der Waals surface area contributed by atoms with Crippen LogP contribution < -0.4 is 5.32 Å². The molecule has 86 valence electrons. The summed E-state index contributed by atoms with van der Waals surface area (Å²) in [5, 5.41) is 3.87. The van der Waals surface area contributed by atoms with Crippen molar-refractivity contribution in [1.82, 2.24) is 10.2 Å². The molecule has 2 heteroatoms. The van der Waals surface area contributed by atoms with E-state index in [1.54, 1.807) is 0 Å². The van der Waals surface area contributed by atoms with Crippen LogP contribution in [0.15, 0.2) is 0 Å². The summed E-state index contributed by atoms with van der Waals surface area (Å²) in [6, 6.07) is 0.804. The third-order valence-electron chi connectivity index (χ3n) is 4.39. The van der Waals surface area contributed by atoms with Gasteiger partial charge in [-0.1, -0.05) is 0 Å². The Morgan fingerprint density at radius 3 is 2.07 bits per heavy atom. The smallest absolute Gasteiger partial charge is 0.0153 e. The molecular formula is C13H24N2. The zero-order chi connectivity index (χ0) is 10.6. The SMILES string of the molecule is CC(C)(C)NC1C2CC3CC1CN(C3)C2. The molecule has 0 aromatic heterocycles. The fourth-order valence-corrected chi connectivity index (χ4v) is 4.14. The lowest BCUT2D eigenvalue weighted by Gasteiger charge is -2.57. The Morgan fingerprint density at radius 2 is 1.60 bits per heavy atom. The summed E-state index contributed by atoms with van der Waals surface area (Å²) in [5.41, 5.74) is 0.287. The van der Waals surface area contributed by atoms with E-state index in [0.29, 0.717) is 0 Å². The molecule has 2 nitrogen and oxygen atoms in total. The second kappa shape index (κ2) is 3.21. The Labute approximate surface area is 93.4 Å². The summed E-state index contributed by atoms with van der Waals surface area (Å²) >= 11 is 0. The van der Waals surface area contributed by atoms with E-state index in [2.05, 4.69) is 31.0 Å². The number of rotatable bonds is 1. The molecule has 2 unspecified atom stereocenters. The van der Waals surface area contributed by atoms with Crippen LogP contribution in [-0.4, -0.2) is 36.1 Å². The van der Waals surface area contributed by atoms with E-state index in [1.165, 1.54) is 32.5 Å². The lowest BCUT2D eigenvalue weighted by Crippen LogP contribution is -2.66. The lowest BCUT2D eigenvalue weighted by atomic mass is 9.65. The minimum atomic E-state index is 0.287. The van der Waals surface area contributed by atoms with E-state index in [4.69, 9.17) is 0 Å². The van der Waals surface area contributed by atoms with Crippen molar-refractivity contribution >= 4 is 0 Å². The molecule has 3 aliphatic heterocycles. The molecule has 0 radical (unpaired) electrons. The van der Waals surface area contributed by atoms with E-state index in [9.17, 15) is 0 Å². The first-order chi connectivity index (χ1) is 7.01. The molecule has 0 aromatic rings. The van der Waals surface area contributed by atoms with Crippen LogP contribution in [0.2, 0.25) is 0 Å². The maximum Gasteiger partial charge on any atom is 0.0153 e. The minimum absolute atomic E-state index is 0.287. The Hall–Kier alpha value is -0.0800. The van der Waals surface area contributed by atoms with E-state index in [1.807, 2.05) is 0 Å². The van der Waals surface area contributed by atoms with Gasteiger partial charge in [0.15, 0.2) is 0 Å². The predicted octanol–water partition coefficient (Wildman–Crippen LogP) is 1.71. The van der Waals surface area contributed by atoms with Gasteiger partial charge in [-0.15, -0.1) is 0 Å². The average molecular weight is 208 g/mol. The maximum atomic E-state index is 3.87. The van der Waals surface area contributed by atoms with Gasteiger partial charge in [-0.2, -0.15) is 0 Å². The molecule has 3 heterocycles. The second-order valence-corrected chi connectivity index (χ2v) is 7.00. The van der Waals surface area contributed by atoms with Crippen molar-refractivity contribution in [3.63, 3.8) is 0 Å². The quantitative estimate of drug-likeness (QED) is 0.706. The van der Waals surface area contributed by atoms with E-state index >= 15 is 0 Å². The first kappa shape index (κ1) is 10.1. The standard InChI is InChI=1S/C13H24N2/c1-13(2,3)14-12-10-4-9-5-11(12)8-15(6-9)7-10/h9-12,14H,4-8H2,1-3H3. The minimum Gasteiger partial charge on any atom is -0.309 e. The number of nitrogens with zero attached hydrogens (tertiary/aromatic N) is 1. The van der Waals surface area contributed by atoms with Crippen LogP contribution >= 0.6 is 0 Å². The monoisotopic (exact) mass is 208 g/mol. The average Bonchev–Trinajstić information content (AvgIpc) is 2.08. The molecule has 1 N–H and O–H groups in total. The van der Waals surface area contributed by atoms with Gasteiger partial charge in [0.25, 0.3) is 0 Å². The molecule has 1 aliphatic carbocycles.